The van der Waals surface area contributed by atoms with E-state index in [1.165, 1.54) is 0 Å². The van der Waals surface area contributed by atoms with Crippen molar-refractivity contribution in [2.24, 2.45) is 0 Å². The van der Waals surface area contributed by atoms with Gasteiger partial charge in [-0.05, 0) is 37.6 Å². The van der Waals surface area contributed by atoms with Crippen molar-refractivity contribution < 1.29 is 4.52 Å². The van der Waals surface area contributed by atoms with Crippen LogP contribution in [-0.4, -0.2) is 16.2 Å². The van der Waals surface area contributed by atoms with Crippen molar-refractivity contribution >= 4 is 15.9 Å². The summed E-state index contributed by atoms with van der Waals surface area (Å²) in [6.07, 6.45) is 1.08. The van der Waals surface area contributed by atoms with E-state index < -0.39 is 0 Å². The Morgan fingerprint density at radius 1 is 1.33 bits per heavy atom. The zero-order valence-corrected chi connectivity index (χ0v) is 12.1. The molecule has 4 nitrogen and oxygen atoms in total. The van der Waals surface area contributed by atoms with Crippen molar-refractivity contribution in [3.63, 3.8) is 0 Å². The molecule has 1 unspecified atom stereocenters. The summed E-state index contributed by atoms with van der Waals surface area (Å²) in [7, 11) is 0. The van der Waals surface area contributed by atoms with Gasteiger partial charge in [0.1, 0.15) is 0 Å². The highest BCUT2D eigenvalue weighted by molar-refractivity contribution is 9.10. The van der Waals surface area contributed by atoms with Gasteiger partial charge >= 0.3 is 0 Å². The van der Waals surface area contributed by atoms with E-state index in [9.17, 15) is 0 Å². The molecule has 1 N–H and O–H groups in total. The quantitative estimate of drug-likeness (QED) is 0.920. The summed E-state index contributed by atoms with van der Waals surface area (Å²) in [5.41, 5.74) is 0.955. The van der Waals surface area contributed by atoms with Crippen LogP contribution in [0, 0.1) is 0 Å². The predicted octanol–water partition coefficient (Wildman–Crippen LogP) is 3.39. The third-order valence-electron chi connectivity index (χ3n) is 2.78. The monoisotopic (exact) mass is 309 g/mol. The van der Waals surface area contributed by atoms with Crippen molar-refractivity contribution in [3.8, 4) is 11.4 Å². The van der Waals surface area contributed by atoms with Gasteiger partial charge in [-0.15, -0.1) is 0 Å². The number of aromatic nitrogens is 2. The standard InChI is InChI=1S/C13H16BrN3O/c1-3-9(2)15-8-12-16-13(17-18-12)10-4-6-11(14)7-5-10/h4-7,9,15H,3,8H2,1-2H3. The molecular formula is C13H16BrN3O. The van der Waals surface area contributed by atoms with Crippen LogP contribution in [0.3, 0.4) is 0 Å². The van der Waals surface area contributed by atoms with Gasteiger partial charge in [-0.3, -0.25) is 0 Å². The molecule has 1 atom stereocenters. The molecule has 2 rings (SSSR count). The Bertz CT molecular complexity index is 495. The molecule has 0 spiro atoms. The minimum absolute atomic E-state index is 0.452. The summed E-state index contributed by atoms with van der Waals surface area (Å²) >= 11 is 3.40. The first kappa shape index (κ1) is 13.2. The van der Waals surface area contributed by atoms with Crippen LogP contribution in [0.4, 0.5) is 0 Å². The number of nitrogens with one attached hydrogen (secondary N) is 1. The summed E-state index contributed by atoms with van der Waals surface area (Å²) in [4.78, 5) is 4.36. The molecular weight excluding hydrogens is 294 g/mol. The number of benzene rings is 1. The summed E-state index contributed by atoms with van der Waals surface area (Å²) in [5.74, 6) is 1.25. The Morgan fingerprint density at radius 2 is 2.06 bits per heavy atom. The van der Waals surface area contributed by atoms with Gasteiger partial charge in [-0.2, -0.15) is 4.98 Å². The Labute approximate surface area is 115 Å². The molecule has 1 heterocycles. The Morgan fingerprint density at radius 3 is 2.72 bits per heavy atom. The molecule has 1 aromatic heterocycles. The molecule has 0 saturated carbocycles. The maximum Gasteiger partial charge on any atom is 0.240 e. The molecule has 5 heteroatoms. The molecule has 96 valence electrons. The van der Waals surface area contributed by atoms with Crippen LogP contribution in [0.15, 0.2) is 33.3 Å². The third kappa shape index (κ3) is 3.40. The van der Waals surface area contributed by atoms with E-state index in [1.807, 2.05) is 24.3 Å². The van der Waals surface area contributed by atoms with E-state index in [0.29, 0.717) is 24.3 Å². The smallest absolute Gasteiger partial charge is 0.240 e. The van der Waals surface area contributed by atoms with Gasteiger partial charge in [0.25, 0.3) is 0 Å². The fourth-order valence-corrected chi connectivity index (χ4v) is 1.71. The summed E-state index contributed by atoms with van der Waals surface area (Å²) in [6.45, 7) is 4.88. The van der Waals surface area contributed by atoms with E-state index in [4.69, 9.17) is 4.52 Å². The predicted molar refractivity (Wildman–Crippen MR) is 74.0 cm³/mol. The highest BCUT2D eigenvalue weighted by Gasteiger charge is 2.09. The van der Waals surface area contributed by atoms with Crippen molar-refractivity contribution in [2.75, 3.05) is 0 Å². The first-order valence-corrected chi connectivity index (χ1v) is 6.80. The molecule has 0 aliphatic rings. The normalized spacial score (nSPS) is 12.6. The van der Waals surface area contributed by atoms with Crippen molar-refractivity contribution in [2.45, 2.75) is 32.9 Å². The SMILES string of the molecule is CCC(C)NCc1nc(-c2ccc(Br)cc2)no1. The molecule has 0 aliphatic carbocycles. The fraction of sp³-hybridized carbons (Fsp3) is 0.385. The van der Waals surface area contributed by atoms with E-state index in [1.54, 1.807) is 0 Å². The lowest BCUT2D eigenvalue weighted by molar-refractivity contribution is 0.358. The second kappa shape index (κ2) is 6.11. The van der Waals surface area contributed by atoms with Crippen LogP contribution in [0.1, 0.15) is 26.2 Å². The van der Waals surface area contributed by atoms with Gasteiger partial charge < -0.3 is 9.84 Å². The number of hydrogen-bond acceptors (Lipinski definition) is 4. The van der Waals surface area contributed by atoms with Gasteiger partial charge in [0.15, 0.2) is 0 Å². The van der Waals surface area contributed by atoms with Crippen LogP contribution in [0.5, 0.6) is 0 Å². The number of hydrogen-bond donors (Lipinski definition) is 1. The van der Waals surface area contributed by atoms with Crippen LogP contribution < -0.4 is 5.32 Å². The molecule has 0 fully saturated rings. The van der Waals surface area contributed by atoms with Crippen LogP contribution >= 0.6 is 15.9 Å². The zero-order valence-electron chi connectivity index (χ0n) is 10.5. The Kier molecular flexibility index (Phi) is 4.49. The van der Waals surface area contributed by atoms with E-state index in [0.717, 1.165) is 16.5 Å². The third-order valence-corrected chi connectivity index (χ3v) is 3.31. The summed E-state index contributed by atoms with van der Waals surface area (Å²) in [5, 5.41) is 7.30. The molecule has 2 aromatic rings. The Hall–Kier alpha value is -1.20. The van der Waals surface area contributed by atoms with Gasteiger partial charge in [-0.1, -0.05) is 28.0 Å². The number of rotatable bonds is 5. The van der Waals surface area contributed by atoms with Gasteiger partial charge in [-0.25, -0.2) is 0 Å². The lowest BCUT2D eigenvalue weighted by Gasteiger charge is -2.07. The van der Waals surface area contributed by atoms with Crippen LogP contribution in [-0.2, 0) is 6.54 Å². The number of halogens is 1. The fourth-order valence-electron chi connectivity index (χ4n) is 1.45. The van der Waals surface area contributed by atoms with Crippen molar-refractivity contribution in [3.05, 3.63) is 34.6 Å². The molecule has 1 aromatic carbocycles. The van der Waals surface area contributed by atoms with Crippen molar-refractivity contribution in [1.29, 1.82) is 0 Å². The maximum atomic E-state index is 5.21. The van der Waals surface area contributed by atoms with Crippen molar-refractivity contribution in [1.82, 2.24) is 15.5 Å². The van der Waals surface area contributed by atoms with Gasteiger partial charge in [0.2, 0.25) is 11.7 Å². The van der Waals surface area contributed by atoms with E-state index >= 15 is 0 Å². The zero-order chi connectivity index (χ0) is 13.0. The maximum absolute atomic E-state index is 5.21. The largest absolute Gasteiger partial charge is 0.338 e. The summed E-state index contributed by atoms with van der Waals surface area (Å²) in [6, 6.07) is 8.29. The highest BCUT2D eigenvalue weighted by atomic mass is 79.9. The van der Waals surface area contributed by atoms with Crippen LogP contribution in [0.25, 0.3) is 11.4 Å². The highest BCUT2D eigenvalue weighted by Crippen LogP contribution is 2.18. The molecule has 0 amide bonds. The van der Waals surface area contributed by atoms with E-state index in [-0.39, 0.29) is 0 Å². The van der Waals surface area contributed by atoms with E-state index in [2.05, 4.69) is 45.2 Å². The average molecular weight is 310 g/mol. The second-order valence-electron chi connectivity index (χ2n) is 4.21. The molecule has 0 bridgehead atoms. The van der Waals surface area contributed by atoms with Crippen LogP contribution in [0.2, 0.25) is 0 Å². The van der Waals surface area contributed by atoms with Gasteiger partial charge in [0.05, 0.1) is 6.54 Å². The summed E-state index contributed by atoms with van der Waals surface area (Å²) < 4.78 is 6.24. The minimum atomic E-state index is 0.452. The Balaban J connectivity index is 2.03. The second-order valence-corrected chi connectivity index (χ2v) is 5.12. The average Bonchev–Trinajstić information content (AvgIpc) is 2.85. The first-order valence-electron chi connectivity index (χ1n) is 6.01. The lowest BCUT2D eigenvalue weighted by Crippen LogP contribution is -2.24. The van der Waals surface area contributed by atoms with Gasteiger partial charge in [0, 0.05) is 16.1 Å². The molecule has 0 aliphatic heterocycles. The molecule has 0 saturated heterocycles. The lowest BCUT2D eigenvalue weighted by atomic mass is 10.2. The first-order chi connectivity index (χ1) is 8.69. The minimum Gasteiger partial charge on any atom is -0.338 e. The number of nitrogens with zero attached hydrogens (tertiary/aromatic N) is 2. The molecule has 0 radical (unpaired) electrons. The topological polar surface area (TPSA) is 51.0 Å². The molecule has 18 heavy (non-hydrogen) atoms.